The minimum absolute atomic E-state index is 0.667. The molecule has 0 spiro atoms. The van der Waals surface area contributed by atoms with Crippen LogP contribution in [0.25, 0.3) is 0 Å². The summed E-state index contributed by atoms with van der Waals surface area (Å²) in [6.07, 6.45) is 1.76. The average molecular weight is 237 g/mol. The molecule has 0 aliphatic rings. The van der Waals surface area contributed by atoms with Crippen molar-refractivity contribution >= 4 is 34.8 Å². The maximum atomic E-state index is 5.95. The molecule has 0 aliphatic heterocycles. The zero-order valence-corrected chi connectivity index (χ0v) is 9.42. The van der Waals surface area contributed by atoms with E-state index in [1.165, 1.54) is 0 Å². The molecule has 0 saturated carbocycles. The van der Waals surface area contributed by atoms with Crippen molar-refractivity contribution in [3.05, 3.63) is 51.7 Å². The average Bonchev–Trinajstić information content (AvgIpc) is 2.74. The van der Waals surface area contributed by atoms with Gasteiger partial charge in [-0.05, 0) is 29.0 Å². The molecule has 2 aromatic rings. The number of para-hydroxylation sites is 1. The Labute approximate surface area is 97.2 Å². The number of thiophene rings is 1. The van der Waals surface area contributed by atoms with Crippen molar-refractivity contribution in [2.24, 2.45) is 5.10 Å². The van der Waals surface area contributed by atoms with Gasteiger partial charge >= 0.3 is 0 Å². The Kier molecular flexibility index (Phi) is 3.37. The fourth-order valence-electron chi connectivity index (χ4n) is 1.08. The highest BCUT2D eigenvalue weighted by Gasteiger charge is 1.94. The molecule has 0 radical (unpaired) electrons. The van der Waals surface area contributed by atoms with Crippen LogP contribution in [-0.4, -0.2) is 6.21 Å². The topological polar surface area (TPSA) is 24.4 Å². The largest absolute Gasteiger partial charge is 0.277 e. The lowest BCUT2D eigenvalue weighted by Crippen LogP contribution is -1.89. The number of anilines is 1. The van der Waals surface area contributed by atoms with Gasteiger partial charge in [0.05, 0.1) is 16.9 Å². The molecule has 0 fully saturated rings. The third-order valence-electron chi connectivity index (χ3n) is 1.82. The van der Waals surface area contributed by atoms with E-state index in [-0.39, 0.29) is 0 Å². The molecule has 2 nitrogen and oxygen atoms in total. The zero-order chi connectivity index (χ0) is 10.5. The highest BCUT2D eigenvalue weighted by atomic mass is 35.5. The molecule has 1 aromatic heterocycles. The molecule has 76 valence electrons. The number of nitrogens with zero attached hydrogens (tertiary/aromatic N) is 1. The van der Waals surface area contributed by atoms with Crippen LogP contribution in [0.5, 0.6) is 0 Å². The van der Waals surface area contributed by atoms with Crippen molar-refractivity contribution in [1.29, 1.82) is 0 Å². The number of hydrogen-bond acceptors (Lipinski definition) is 3. The zero-order valence-electron chi connectivity index (χ0n) is 7.85. The van der Waals surface area contributed by atoms with E-state index in [1.807, 2.05) is 41.1 Å². The Morgan fingerprint density at radius 1 is 1.27 bits per heavy atom. The molecule has 15 heavy (non-hydrogen) atoms. The summed E-state index contributed by atoms with van der Waals surface area (Å²) in [5.74, 6) is 0. The Morgan fingerprint density at radius 3 is 2.87 bits per heavy atom. The van der Waals surface area contributed by atoms with Crippen LogP contribution < -0.4 is 5.43 Å². The van der Waals surface area contributed by atoms with Gasteiger partial charge in [-0.25, -0.2) is 0 Å². The van der Waals surface area contributed by atoms with Crippen LogP contribution in [0, 0.1) is 0 Å². The lowest BCUT2D eigenvalue weighted by Gasteiger charge is -2.00. The minimum Gasteiger partial charge on any atom is -0.277 e. The van der Waals surface area contributed by atoms with Crippen molar-refractivity contribution in [2.75, 3.05) is 5.43 Å². The number of benzene rings is 1. The monoisotopic (exact) mass is 236 g/mol. The first-order valence-electron chi connectivity index (χ1n) is 4.42. The summed E-state index contributed by atoms with van der Waals surface area (Å²) in [5, 5.41) is 8.80. The van der Waals surface area contributed by atoms with Gasteiger partial charge in [-0.2, -0.15) is 16.4 Å². The van der Waals surface area contributed by atoms with E-state index >= 15 is 0 Å². The summed E-state index contributed by atoms with van der Waals surface area (Å²) in [5.41, 5.74) is 4.79. The molecule has 1 aromatic carbocycles. The predicted octanol–water partition coefficient (Wildman–Crippen LogP) is 3.85. The van der Waals surface area contributed by atoms with Crippen LogP contribution in [0.4, 0.5) is 5.69 Å². The van der Waals surface area contributed by atoms with Crippen LogP contribution in [-0.2, 0) is 0 Å². The van der Waals surface area contributed by atoms with Gasteiger partial charge < -0.3 is 0 Å². The summed E-state index contributed by atoms with van der Waals surface area (Å²) in [7, 11) is 0. The highest BCUT2D eigenvalue weighted by Crippen LogP contribution is 2.20. The first-order chi connectivity index (χ1) is 7.36. The number of rotatable bonds is 3. The molecule has 0 unspecified atom stereocenters. The number of halogens is 1. The van der Waals surface area contributed by atoms with Crippen LogP contribution in [0.15, 0.2) is 46.2 Å². The van der Waals surface area contributed by atoms with E-state index in [9.17, 15) is 0 Å². The summed E-state index contributed by atoms with van der Waals surface area (Å²) >= 11 is 7.59. The predicted molar refractivity (Wildman–Crippen MR) is 67.0 cm³/mol. The van der Waals surface area contributed by atoms with Crippen LogP contribution in [0.2, 0.25) is 5.02 Å². The van der Waals surface area contributed by atoms with E-state index in [1.54, 1.807) is 17.6 Å². The number of nitrogens with one attached hydrogen (secondary N) is 1. The summed E-state index contributed by atoms with van der Waals surface area (Å²) in [6.45, 7) is 0. The second-order valence-electron chi connectivity index (χ2n) is 2.91. The van der Waals surface area contributed by atoms with Crippen molar-refractivity contribution in [3.8, 4) is 0 Å². The first-order valence-corrected chi connectivity index (χ1v) is 5.74. The van der Waals surface area contributed by atoms with Crippen LogP contribution in [0.3, 0.4) is 0 Å². The Morgan fingerprint density at radius 2 is 2.13 bits per heavy atom. The molecule has 1 N–H and O–H groups in total. The molecule has 0 atom stereocenters. The second kappa shape index (κ2) is 4.96. The first kappa shape index (κ1) is 10.2. The highest BCUT2D eigenvalue weighted by molar-refractivity contribution is 7.08. The van der Waals surface area contributed by atoms with Gasteiger partial charge in [0, 0.05) is 5.56 Å². The van der Waals surface area contributed by atoms with Crippen molar-refractivity contribution < 1.29 is 0 Å². The third-order valence-corrected chi connectivity index (χ3v) is 2.85. The maximum Gasteiger partial charge on any atom is 0.0748 e. The second-order valence-corrected chi connectivity index (χ2v) is 4.09. The standard InChI is InChI=1S/C11H9ClN2S/c12-10-3-1-2-4-11(10)14-13-7-9-5-6-15-8-9/h1-8,14H/b13-7+. The molecule has 0 aliphatic carbocycles. The third kappa shape index (κ3) is 2.81. The Bertz CT molecular complexity index is 451. The normalized spacial score (nSPS) is 10.7. The fourth-order valence-corrected chi connectivity index (χ4v) is 1.87. The minimum atomic E-state index is 0.667. The molecule has 2 rings (SSSR count). The van der Waals surface area contributed by atoms with Gasteiger partial charge in [0.15, 0.2) is 0 Å². The quantitative estimate of drug-likeness (QED) is 0.635. The summed E-state index contributed by atoms with van der Waals surface area (Å²) in [4.78, 5) is 0. The Hall–Kier alpha value is -1.32. The molecular formula is C11H9ClN2S. The van der Waals surface area contributed by atoms with Gasteiger partial charge in [-0.1, -0.05) is 23.7 Å². The van der Waals surface area contributed by atoms with Crippen molar-refractivity contribution in [1.82, 2.24) is 0 Å². The summed E-state index contributed by atoms with van der Waals surface area (Å²) < 4.78 is 0. The lowest BCUT2D eigenvalue weighted by molar-refractivity contribution is 1.35. The SMILES string of the molecule is Clc1ccccc1N/N=C/c1ccsc1. The van der Waals surface area contributed by atoms with E-state index in [0.29, 0.717) is 5.02 Å². The Balaban J connectivity index is 2.02. The molecular weight excluding hydrogens is 228 g/mol. The van der Waals surface area contributed by atoms with E-state index in [0.717, 1.165) is 11.3 Å². The van der Waals surface area contributed by atoms with E-state index in [2.05, 4.69) is 10.5 Å². The van der Waals surface area contributed by atoms with Gasteiger partial charge in [0.25, 0.3) is 0 Å². The van der Waals surface area contributed by atoms with Crippen molar-refractivity contribution in [2.45, 2.75) is 0 Å². The van der Waals surface area contributed by atoms with Crippen LogP contribution in [0.1, 0.15) is 5.56 Å². The molecule has 0 saturated heterocycles. The number of hydrazone groups is 1. The molecule has 1 heterocycles. The summed E-state index contributed by atoms with van der Waals surface area (Å²) in [6, 6.07) is 9.50. The lowest BCUT2D eigenvalue weighted by atomic mass is 10.3. The fraction of sp³-hybridized carbons (Fsp3) is 0. The number of hydrogen-bond donors (Lipinski definition) is 1. The maximum absolute atomic E-state index is 5.95. The van der Waals surface area contributed by atoms with E-state index in [4.69, 9.17) is 11.6 Å². The van der Waals surface area contributed by atoms with Gasteiger partial charge in [-0.3, -0.25) is 5.43 Å². The van der Waals surface area contributed by atoms with Crippen molar-refractivity contribution in [3.63, 3.8) is 0 Å². The smallest absolute Gasteiger partial charge is 0.0748 e. The molecule has 0 bridgehead atoms. The molecule has 0 amide bonds. The van der Waals surface area contributed by atoms with E-state index < -0.39 is 0 Å². The molecule has 4 heteroatoms. The van der Waals surface area contributed by atoms with Gasteiger partial charge in [0.1, 0.15) is 0 Å². The van der Waals surface area contributed by atoms with Gasteiger partial charge in [0.2, 0.25) is 0 Å². The van der Waals surface area contributed by atoms with Crippen LogP contribution >= 0.6 is 22.9 Å². The van der Waals surface area contributed by atoms with Gasteiger partial charge in [-0.15, -0.1) is 0 Å².